The minimum absolute atomic E-state index is 0.153. The number of methoxy groups -OCH3 is 1. The molecule has 0 unspecified atom stereocenters. The minimum Gasteiger partial charge on any atom is -0.497 e. The predicted molar refractivity (Wildman–Crippen MR) is 134 cm³/mol. The maximum absolute atomic E-state index is 13.5. The van der Waals surface area contributed by atoms with Gasteiger partial charge in [0.2, 0.25) is 0 Å². The van der Waals surface area contributed by atoms with E-state index in [0.717, 1.165) is 34.3 Å². The van der Waals surface area contributed by atoms with Crippen LogP contribution < -0.4 is 4.74 Å². The number of hydrogen-bond acceptors (Lipinski definition) is 7. The van der Waals surface area contributed by atoms with Crippen LogP contribution in [0.2, 0.25) is 0 Å². The van der Waals surface area contributed by atoms with Crippen molar-refractivity contribution in [2.45, 2.75) is 21.1 Å². The van der Waals surface area contributed by atoms with E-state index in [-0.39, 0.29) is 21.9 Å². The van der Waals surface area contributed by atoms with Crippen molar-refractivity contribution in [2.75, 3.05) is 30.1 Å². The number of ether oxygens (including phenoxy) is 1. The Labute approximate surface area is 199 Å². The first-order valence-corrected chi connectivity index (χ1v) is 14.3. The van der Waals surface area contributed by atoms with Crippen molar-refractivity contribution in [3.63, 3.8) is 0 Å². The molecule has 0 spiro atoms. The summed E-state index contributed by atoms with van der Waals surface area (Å²) in [6, 6.07) is 15.0. The van der Waals surface area contributed by atoms with Gasteiger partial charge in [-0.3, -0.25) is 14.5 Å². The van der Waals surface area contributed by atoms with Gasteiger partial charge in [-0.25, -0.2) is 0 Å². The summed E-state index contributed by atoms with van der Waals surface area (Å²) in [6.45, 7) is 0. The Kier molecular flexibility index (Phi) is 6.25. The van der Waals surface area contributed by atoms with E-state index in [1.807, 2.05) is 71.3 Å². The number of benzene rings is 2. The Morgan fingerprint density at radius 1 is 0.935 bits per heavy atom. The smallest absolute Gasteiger partial charge is 0.261 e. The molecule has 3 heterocycles. The fourth-order valence-electron chi connectivity index (χ4n) is 4.41. The van der Waals surface area contributed by atoms with Gasteiger partial charge < -0.3 is 4.74 Å². The average molecular weight is 490 g/mol. The topological polar surface area (TPSA) is 46.6 Å². The molecule has 2 fully saturated rings. The van der Waals surface area contributed by atoms with Gasteiger partial charge in [0.1, 0.15) is 9.83 Å². The molecule has 1 atom stereocenters. The molecular formula is C23H23NO3S4. The van der Waals surface area contributed by atoms with E-state index < -0.39 is 0 Å². The van der Waals surface area contributed by atoms with Crippen LogP contribution in [0.3, 0.4) is 0 Å². The van der Waals surface area contributed by atoms with Crippen LogP contribution in [0, 0.1) is 0 Å². The van der Waals surface area contributed by atoms with E-state index in [0.29, 0.717) is 22.1 Å². The maximum atomic E-state index is 13.5. The lowest BCUT2D eigenvalue weighted by Crippen LogP contribution is -2.55. The van der Waals surface area contributed by atoms with Gasteiger partial charge >= 0.3 is 0 Å². The number of rotatable bonds is 6. The summed E-state index contributed by atoms with van der Waals surface area (Å²) in [4.78, 5) is 28.6. The summed E-state index contributed by atoms with van der Waals surface area (Å²) in [5.74, 6) is 4.83. The molecule has 0 aliphatic carbocycles. The van der Waals surface area contributed by atoms with Crippen LogP contribution in [0.1, 0.15) is 26.3 Å². The molecule has 2 saturated heterocycles. The van der Waals surface area contributed by atoms with Crippen LogP contribution in [0.4, 0.5) is 0 Å². The third kappa shape index (κ3) is 3.79. The van der Waals surface area contributed by atoms with Crippen LogP contribution in [0.25, 0.3) is 0 Å². The minimum atomic E-state index is -0.214. The van der Waals surface area contributed by atoms with Gasteiger partial charge in [0, 0.05) is 23.0 Å². The monoisotopic (exact) mass is 489 g/mol. The lowest BCUT2D eigenvalue weighted by atomic mass is 10.0. The van der Waals surface area contributed by atoms with Gasteiger partial charge in [-0.1, -0.05) is 24.3 Å². The summed E-state index contributed by atoms with van der Waals surface area (Å²) in [7, 11) is 1.66. The third-order valence-corrected chi connectivity index (χ3v) is 13.5. The van der Waals surface area contributed by atoms with Crippen LogP contribution >= 0.6 is 47.0 Å². The highest BCUT2D eigenvalue weighted by molar-refractivity contribution is 8.27. The fourth-order valence-corrected chi connectivity index (χ4v) is 12.2. The number of thioether (sulfide) groups is 4. The summed E-state index contributed by atoms with van der Waals surface area (Å²) < 4.78 is 5.47. The second-order valence-corrected chi connectivity index (χ2v) is 13.3. The fraction of sp³-hybridized carbons (Fsp3) is 0.391. The van der Waals surface area contributed by atoms with Gasteiger partial charge in [-0.2, -0.15) is 0 Å². The van der Waals surface area contributed by atoms with Gasteiger partial charge in [0.15, 0.2) is 0 Å². The molecule has 2 aromatic rings. The van der Waals surface area contributed by atoms with Crippen molar-refractivity contribution in [3.8, 4) is 5.75 Å². The molecule has 3 aliphatic rings. The highest BCUT2D eigenvalue weighted by atomic mass is 32.2. The van der Waals surface area contributed by atoms with Crippen LogP contribution in [0.15, 0.2) is 48.5 Å². The van der Waals surface area contributed by atoms with Crippen molar-refractivity contribution in [2.24, 2.45) is 0 Å². The Morgan fingerprint density at radius 2 is 1.52 bits per heavy atom. The third-order valence-electron chi connectivity index (χ3n) is 5.88. The Balaban J connectivity index is 1.57. The van der Waals surface area contributed by atoms with Crippen molar-refractivity contribution in [3.05, 3.63) is 65.2 Å². The number of amides is 2. The van der Waals surface area contributed by atoms with Crippen molar-refractivity contribution >= 4 is 58.9 Å². The largest absolute Gasteiger partial charge is 0.497 e. The highest BCUT2D eigenvalue weighted by Gasteiger charge is 2.56. The first kappa shape index (κ1) is 21.6. The molecule has 162 valence electrons. The van der Waals surface area contributed by atoms with Crippen molar-refractivity contribution in [1.82, 2.24) is 4.90 Å². The van der Waals surface area contributed by atoms with Crippen molar-refractivity contribution in [1.29, 1.82) is 0 Å². The summed E-state index contributed by atoms with van der Waals surface area (Å²) >= 11 is 7.85. The second-order valence-electron chi connectivity index (χ2n) is 7.59. The van der Waals surface area contributed by atoms with Crippen molar-refractivity contribution < 1.29 is 14.3 Å². The SMILES string of the molecule is COc1ccc(C[C@@H](N2C(=O)c3ccccc3C2=O)C2(C3SCCS3)SCCS2)cc1. The Bertz CT molecular complexity index is 950. The quantitative estimate of drug-likeness (QED) is 0.536. The van der Waals surface area contributed by atoms with E-state index in [2.05, 4.69) is 12.1 Å². The summed E-state index contributed by atoms with van der Waals surface area (Å²) in [5, 5.41) is 0. The van der Waals surface area contributed by atoms with Gasteiger partial charge in [-0.15, -0.1) is 47.0 Å². The van der Waals surface area contributed by atoms with Crippen LogP contribution in [-0.4, -0.2) is 61.5 Å². The zero-order chi connectivity index (χ0) is 21.4. The Hall–Kier alpha value is -1.22. The maximum Gasteiger partial charge on any atom is 0.261 e. The van der Waals surface area contributed by atoms with E-state index in [1.165, 1.54) is 0 Å². The van der Waals surface area contributed by atoms with E-state index >= 15 is 0 Å². The van der Waals surface area contributed by atoms with E-state index in [4.69, 9.17) is 4.74 Å². The molecule has 3 aliphatic heterocycles. The number of carbonyl (C=O) groups is 2. The first-order chi connectivity index (χ1) is 15.1. The molecule has 31 heavy (non-hydrogen) atoms. The second kappa shape index (κ2) is 8.96. The molecule has 0 aromatic heterocycles. The number of carbonyl (C=O) groups excluding carboxylic acids is 2. The van der Waals surface area contributed by atoms with Gasteiger partial charge in [-0.05, 0) is 36.2 Å². The molecule has 2 aromatic carbocycles. The first-order valence-electron chi connectivity index (χ1n) is 10.2. The standard InChI is InChI=1S/C23H23NO3S4/c1-27-16-8-6-15(7-9-16)14-19(23(30-12-13-31-23)22-28-10-11-29-22)24-20(25)17-4-2-3-5-18(17)21(24)26/h2-9,19,22H,10-14H2,1H3/t19-/m1/s1. The number of fused-ring (bicyclic) bond motifs is 1. The normalized spacial score (nSPS) is 21.5. The number of nitrogens with zero attached hydrogens (tertiary/aromatic N) is 1. The number of hydrogen-bond donors (Lipinski definition) is 0. The Morgan fingerprint density at radius 3 is 2.06 bits per heavy atom. The van der Waals surface area contributed by atoms with Crippen LogP contribution in [0.5, 0.6) is 5.75 Å². The molecule has 0 radical (unpaired) electrons. The summed E-state index contributed by atoms with van der Waals surface area (Å²) in [6.07, 6.45) is 0.646. The molecular weight excluding hydrogens is 467 g/mol. The van der Waals surface area contributed by atoms with E-state index in [9.17, 15) is 9.59 Å². The summed E-state index contributed by atoms with van der Waals surface area (Å²) in [5.41, 5.74) is 2.17. The average Bonchev–Trinajstić information content (AvgIpc) is 3.55. The predicted octanol–water partition coefficient (Wildman–Crippen LogP) is 4.88. The molecule has 0 N–H and O–H groups in total. The molecule has 2 amide bonds. The zero-order valence-electron chi connectivity index (χ0n) is 17.1. The highest BCUT2D eigenvalue weighted by Crippen LogP contribution is 2.59. The number of imide groups is 1. The molecule has 0 saturated carbocycles. The van der Waals surface area contributed by atoms with Gasteiger partial charge in [0.25, 0.3) is 11.8 Å². The lowest BCUT2D eigenvalue weighted by molar-refractivity contribution is 0.0576. The molecule has 8 heteroatoms. The zero-order valence-corrected chi connectivity index (χ0v) is 20.4. The molecule has 0 bridgehead atoms. The molecule has 5 rings (SSSR count). The van der Waals surface area contributed by atoms with Crippen LogP contribution in [-0.2, 0) is 6.42 Å². The van der Waals surface area contributed by atoms with E-state index in [1.54, 1.807) is 24.1 Å². The van der Waals surface area contributed by atoms with Gasteiger partial charge in [0.05, 0.1) is 28.9 Å². The lowest BCUT2D eigenvalue weighted by Gasteiger charge is -2.43. The molecule has 4 nitrogen and oxygen atoms in total.